The number of fused-ring (bicyclic) bond motifs is 6. The molecule has 5 heteroatoms. The van der Waals surface area contributed by atoms with E-state index in [4.69, 9.17) is 17.7 Å². The fourth-order valence-electron chi connectivity index (χ4n) is 6.86. The predicted molar refractivity (Wildman–Crippen MR) is 209 cm³/mol. The summed E-state index contributed by atoms with van der Waals surface area (Å²) in [6.45, 7) is 0. The van der Waals surface area contributed by atoms with Crippen molar-refractivity contribution >= 4 is 53.3 Å². The smallest absolute Gasteiger partial charge is 0.238 e. The van der Waals surface area contributed by atoms with Crippen LogP contribution in [0.2, 0.25) is 0 Å². The number of para-hydroxylation sites is 1. The Morgan fingerprint density at radius 1 is 0.460 bits per heavy atom. The van der Waals surface area contributed by atoms with Crippen LogP contribution in [0.15, 0.2) is 170 Å². The summed E-state index contributed by atoms with van der Waals surface area (Å²) in [5, 5.41) is 3.48. The second-order valence-corrected chi connectivity index (χ2v) is 13.2. The van der Waals surface area contributed by atoms with Crippen molar-refractivity contribution in [3.05, 3.63) is 170 Å². The zero-order valence-electron chi connectivity index (χ0n) is 30.6. The van der Waals surface area contributed by atoms with E-state index in [1.54, 1.807) is 15.9 Å². The average Bonchev–Trinajstić information content (AvgIpc) is 3.79. The summed E-state index contributed by atoms with van der Waals surface area (Å²) in [5.41, 5.74) is 6.54. The van der Waals surface area contributed by atoms with Crippen molar-refractivity contribution in [3.8, 4) is 51.0 Å². The lowest BCUT2D eigenvalue weighted by Gasteiger charge is -2.11. The van der Waals surface area contributed by atoms with Crippen LogP contribution in [-0.4, -0.2) is 19.5 Å². The Kier molecular flexibility index (Phi) is 5.73. The highest BCUT2D eigenvalue weighted by molar-refractivity contribution is 7.25. The molecule has 0 bridgehead atoms. The summed E-state index contributed by atoms with van der Waals surface area (Å²) in [6, 6.07) is 47.8. The Labute approximate surface area is 298 Å². The van der Waals surface area contributed by atoms with Crippen LogP contribution in [0.5, 0.6) is 0 Å². The molecule has 0 unspecified atom stereocenters. The molecule has 7 aromatic carbocycles. The van der Waals surface area contributed by atoms with E-state index in [0.717, 1.165) is 38.1 Å². The molecular weight excluding hydrogens is 629 g/mol. The monoisotopic (exact) mass is 660 g/mol. The van der Waals surface area contributed by atoms with E-state index in [0.29, 0.717) is 33.5 Å². The summed E-state index contributed by atoms with van der Waals surface area (Å²) in [5.74, 6) is 1.18. The summed E-state index contributed by atoms with van der Waals surface area (Å²) in [7, 11) is 0. The van der Waals surface area contributed by atoms with Crippen molar-refractivity contribution in [2.24, 2.45) is 0 Å². The van der Waals surface area contributed by atoms with E-state index in [2.05, 4.69) is 72.8 Å². The van der Waals surface area contributed by atoms with E-state index in [1.807, 2.05) is 72.8 Å². The molecule has 0 saturated heterocycles. The maximum atomic E-state index is 9.24. The molecule has 234 valence electrons. The topological polar surface area (TPSA) is 43.6 Å². The van der Waals surface area contributed by atoms with Crippen LogP contribution >= 0.6 is 11.3 Å². The number of aromatic nitrogens is 4. The highest BCUT2D eigenvalue weighted by Crippen LogP contribution is 2.40. The molecule has 50 heavy (non-hydrogen) atoms. The minimum atomic E-state index is -0.321. The molecule has 4 nitrogen and oxygen atoms in total. The molecule has 0 amide bonds. The second kappa shape index (κ2) is 11.6. The summed E-state index contributed by atoms with van der Waals surface area (Å²) in [4.78, 5) is 15.1. The SMILES string of the molecule is [2H]c1c([2H])c([2H])c2c(c1[2H])c1c(-c3ccc(-c4ccccc4)cc3)cccc1n2-c1nc(-c2ccccc2)nc(-c2ccc3c(c2)sc2ccccc23)n1. The quantitative estimate of drug-likeness (QED) is 0.184. The van der Waals surface area contributed by atoms with Gasteiger partial charge < -0.3 is 0 Å². The number of benzene rings is 7. The van der Waals surface area contributed by atoms with Gasteiger partial charge in [-0.05, 0) is 46.5 Å². The largest absolute Gasteiger partial charge is 0.278 e. The Hall–Kier alpha value is -6.43. The van der Waals surface area contributed by atoms with Crippen LogP contribution in [0.3, 0.4) is 0 Å². The summed E-state index contributed by atoms with van der Waals surface area (Å²) < 4.78 is 40.0. The molecule has 0 saturated carbocycles. The third kappa shape index (κ3) is 4.71. The first-order chi connectivity index (χ1) is 26.4. The van der Waals surface area contributed by atoms with Gasteiger partial charge in [-0.3, -0.25) is 4.57 Å². The number of rotatable bonds is 5. The Morgan fingerprint density at radius 2 is 1.10 bits per heavy atom. The molecule has 3 aromatic heterocycles. The van der Waals surface area contributed by atoms with Crippen LogP contribution in [0.25, 0.3) is 93.0 Å². The van der Waals surface area contributed by atoms with Gasteiger partial charge in [0.05, 0.1) is 16.5 Å². The summed E-state index contributed by atoms with van der Waals surface area (Å²) in [6.07, 6.45) is 0. The molecule has 10 rings (SSSR count). The van der Waals surface area contributed by atoms with Crippen LogP contribution in [0.4, 0.5) is 0 Å². The molecular formula is C45H28N4S. The molecule has 0 N–H and O–H groups in total. The minimum Gasteiger partial charge on any atom is -0.278 e. The molecule has 0 atom stereocenters. The first-order valence-electron chi connectivity index (χ1n) is 18.4. The van der Waals surface area contributed by atoms with Crippen molar-refractivity contribution in [3.63, 3.8) is 0 Å². The van der Waals surface area contributed by atoms with Gasteiger partial charge in [-0.2, -0.15) is 9.97 Å². The van der Waals surface area contributed by atoms with Crippen molar-refractivity contribution in [2.75, 3.05) is 0 Å². The van der Waals surface area contributed by atoms with Gasteiger partial charge in [-0.1, -0.05) is 146 Å². The van der Waals surface area contributed by atoms with Gasteiger partial charge in [0.2, 0.25) is 5.95 Å². The number of hydrogen-bond acceptors (Lipinski definition) is 4. The van der Waals surface area contributed by atoms with Crippen molar-refractivity contribution in [2.45, 2.75) is 0 Å². The van der Waals surface area contributed by atoms with Crippen LogP contribution in [-0.2, 0) is 0 Å². The highest BCUT2D eigenvalue weighted by Gasteiger charge is 2.20. The van der Waals surface area contributed by atoms with Crippen LogP contribution < -0.4 is 0 Å². The summed E-state index contributed by atoms with van der Waals surface area (Å²) >= 11 is 1.72. The lowest BCUT2D eigenvalue weighted by atomic mass is 9.97. The Balaban J connectivity index is 1.25. The minimum absolute atomic E-state index is 0.115. The normalized spacial score (nSPS) is 12.7. The zero-order chi connectivity index (χ0) is 36.5. The van der Waals surface area contributed by atoms with Crippen LogP contribution in [0.1, 0.15) is 5.48 Å². The van der Waals surface area contributed by atoms with Gasteiger partial charge in [0.25, 0.3) is 0 Å². The predicted octanol–water partition coefficient (Wildman–Crippen LogP) is 12.0. The molecule has 0 aliphatic heterocycles. The molecule has 10 aromatic rings. The lowest BCUT2D eigenvalue weighted by Crippen LogP contribution is -2.06. The maximum absolute atomic E-state index is 9.24. The third-order valence-corrected chi connectivity index (χ3v) is 10.4. The van der Waals surface area contributed by atoms with Gasteiger partial charge in [-0.15, -0.1) is 11.3 Å². The van der Waals surface area contributed by atoms with E-state index >= 15 is 0 Å². The molecule has 0 aliphatic rings. The fraction of sp³-hybridized carbons (Fsp3) is 0. The highest BCUT2D eigenvalue weighted by atomic mass is 32.1. The van der Waals surface area contributed by atoms with Crippen molar-refractivity contribution in [1.29, 1.82) is 0 Å². The van der Waals surface area contributed by atoms with E-state index < -0.39 is 0 Å². The van der Waals surface area contributed by atoms with Crippen LogP contribution in [0, 0.1) is 0 Å². The number of nitrogens with zero attached hydrogens (tertiary/aromatic N) is 4. The molecule has 0 aliphatic carbocycles. The van der Waals surface area contributed by atoms with E-state index in [9.17, 15) is 2.74 Å². The molecule has 3 heterocycles. The maximum Gasteiger partial charge on any atom is 0.238 e. The number of hydrogen-bond donors (Lipinski definition) is 0. The molecule has 0 fully saturated rings. The Bertz CT molecular complexity index is 3090. The van der Waals surface area contributed by atoms with E-state index in [1.165, 1.54) is 15.5 Å². The standard InChI is InChI=1S/C45H28N4S/c1-3-12-29(13-4-1)30-22-24-31(25-23-30)34-18-11-20-39-42(34)37-17-7-9-19-38(37)49(39)45-47-43(32-14-5-2-6-15-32)46-44(48-45)33-26-27-36-35-16-8-10-21-40(35)50-41(36)28-33/h1-28H/i7D,9D,17D,19D. The molecule has 0 radical (unpaired) electrons. The van der Waals surface area contributed by atoms with Crippen molar-refractivity contribution in [1.82, 2.24) is 19.5 Å². The van der Waals surface area contributed by atoms with Gasteiger partial charge >= 0.3 is 0 Å². The second-order valence-electron chi connectivity index (χ2n) is 12.2. The zero-order valence-corrected chi connectivity index (χ0v) is 27.4. The van der Waals surface area contributed by atoms with Gasteiger partial charge in [0.15, 0.2) is 11.6 Å². The first kappa shape index (κ1) is 24.7. The Morgan fingerprint density at radius 3 is 1.92 bits per heavy atom. The van der Waals surface area contributed by atoms with Gasteiger partial charge in [0.1, 0.15) is 0 Å². The van der Waals surface area contributed by atoms with E-state index in [-0.39, 0.29) is 30.1 Å². The first-order valence-corrected chi connectivity index (χ1v) is 17.2. The average molecular weight is 661 g/mol. The number of thiophene rings is 1. The third-order valence-electron chi connectivity index (χ3n) is 9.22. The van der Waals surface area contributed by atoms with Crippen molar-refractivity contribution < 1.29 is 5.48 Å². The fourth-order valence-corrected chi connectivity index (χ4v) is 8.01. The van der Waals surface area contributed by atoms with Gasteiger partial charge in [0, 0.05) is 42.1 Å². The van der Waals surface area contributed by atoms with Gasteiger partial charge in [-0.25, -0.2) is 4.98 Å². The lowest BCUT2D eigenvalue weighted by molar-refractivity contribution is 0.954. The molecule has 0 spiro atoms.